The molecule has 0 saturated heterocycles. The molecule has 0 atom stereocenters. The van der Waals surface area contributed by atoms with Gasteiger partial charge in [-0.15, -0.1) is 0 Å². The highest BCUT2D eigenvalue weighted by Crippen LogP contribution is 2.21. The smallest absolute Gasteiger partial charge is 0.267 e. The number of nitrogens with zero attached hydrogens (tertiary/aromatic N) is 3. The fraction of sp³-hybridized carbons (Fsp3) is 0.190. The zero-order chi connectivity index (χ0) is 22.3. The molecule has 0 bridgehead atoms. The van der Waals surface area contributed by atoms with Gasteiger partial charge in [-0.25, -0.2) is 17.8 Å². The fourth-order valence-corrected chi connectivity index (χ4v) is 4.75. The first-order valence-corrected chi connectivity index (χ1v) is 10.8. The highest BCUT2D eigenvalue weighted by molar-refractivity contribution is 7.91. The van der Waals surface area contributed by atoms with Gasteiger partial charge in [0.15, 0.2) is 0 Å². The zero-order valence-corrected chi connectivity index (χ0v) is 17.6. The van der Waals surface area contributed by atoms with Crippen LogP contribution in [0.4, 0.5) is 4.39 Å². The number of benzene rings is 1. The van der Waals surface area contributed by atoms with Crippen LogP contribution in [0.5, 0.6) is 0 Å². The number of nitrogens with one attached hydrogen (secondary N) is 1. The number of aryl methyl sites for hydroxylation is 1. The molecule has 0 radical (unpaired) electrons. The van der Waals surface area contributed by atoms with Crippen LogP contribution in [0.1, 0.15) is 5.56 Å². The second-order valence-corrected chi connectivity index (χ2v) is 8.97. The van der Waals surface area contributed by atoms with E-state index in [1.807, 2.05) is 13.0 Å². The van der Waals surface area contributed by atoms with Crippen LogP contribution in [0.15, 0.2) is 63.2 Å². The third kappa shape index (κ3) is 3.53. The van der Waals surface area contributed by atoms with Gasteiger partial charge in [0, 0.05) is 19.9 Å². The number of ether oxygens (including phenoxy) is 1. The van der Waals surface area contributed by atoms with E-state index in [1.54, 1.807) is 12.3 Å². The van der Waals surface area contributed by atoms with Crippen LogP contribution >= 0.6 is 0 Å². The Morgan fingerprint density at radius 3 is 2.55 bits per heavy atom. The molecular formula is C21H19FN4O4S. The average molecular weight is 442 g/mol. The molecule has 0 spiro atoms. The Kier molecular flexibility index (Phi) is 5.19. The van der Waals surface area contributed by atoms with E-state index in [9.17, 15) is 17.6 Å². The normalized spacial score (nSPS) is 12.0. The van der Waals surface area contributed by atoms with Crippen molar-refractivity contribution < 1.29 is 17.5 Å². The molecule has 0 saturated carbocycles. The van der Waals surface area contributed by atoms with Gasteiger partial charge in [0.1, 0.15) is 27.5 Å². The number of pyridine rings is 2. The number of hydrogen-bond donors (Lipinski definition) is 1. The Morgan fingerprint density at radius 2 is 1.87 bits per heavy atom. The fourth-order valence-electron chi connectivity index (χ4n) is 3.36. The van der Waals surface area contributed by atoms with E-state index < -0.39 is 21.2 Å². The molecule has 3 heterocycles. The van der Waals surface area contributed by atoms with Crippen molar-refractivity contribution in [2.45, 2.75) is 23.3 Å². The summed E-state index contributed by atoms with van der Waals surface area (Å²) in [4.78, 5) is 17.2. The molecule has 0 amide bonds. The van der Waals surface area contributed by atoms with Crippen molar-refractivity contribution in [2.24, 2.45) is 0 Å². The van der Waals surface area contributed by atoms with E-state index in [2.05, 4.69) is 4.98 Å². The molecule has 1 aromatic carbocycles. The van der Waals surface area contributed by atoms with E-state index in [4.69, 9.17) is 10.1 Å². The van der Waals surface area contributed by atoms with Gasteiger partial charge in [-0.2, -0.15) is 0 Å². The van der Waals surface area contributed by atoms with Gasteiger partial charge in [-0.1, -0.05) is 6.07 Å². The lowest BCUT2D eigenvalue weighted by molar-refractivity contribution is 0.186. The van der Waals surface area contributed by atoms with Gasteiger partial charge in [-0.3, -0.25) is 14.6 Å². The first kappa shape index (κ1) is 20.9. The summed E-state index contributed by atoms with van der Waals surface area (Å²) in [5, 5.41) is 8.62. The highest BCUT2D eigenvalue weighted by atomic mass is 32.2. The SMILES string of the molecule is COCCn1c(=N)c(S(=O)(=O)c2ccc(F)cc2)cc2c(=O)n3cc(C)ccc3nc21. The van der Waals surface area contributed by atoms with E-state index in [0.29, 0.717) is 5.65 Å². The highest BCUT2D eigenvalue weighted by Gasteiger charge is 2.24. The van der Waals surface area contributed by atoms with Crippen LogP contribution in [0.25, 0.3) is 16.7 Å². The quantitative estimate of drug-likeness (QED) is 0.376. The van der Waals surface area contributed by atoms with Crippen molar-refractivity contribution in [1.82, 2.24) is 14.0 Å². The molecule has 10 heteroatoms. The van der Waals surface area contributed by atoms with Gasteiger partial charge in [0.2, 0.25) is 9.84 Å². The number of fused-ring (bicyclic) bond motifs is 2. The molecule has 0 unspecified atom stereocenters. The Balaban J connectivity index is 2.11. The number of hydrogen-bond acceptors (Lipinski definition) is 6. The Bertz CT molecular complexity index is 1540. The topological polar surface area (TPSA) is 107 Å². The average Bonchev–Trinajstić information content (AvgIpc) is 2.74. The monoisotopic (exact) mass is 442 g/mol. The molecule has 0 fully saturated rings. The van der Waals surface area contributed by atoms with Gasteiger partial charge in [0.25, 0.3) is 5.56 Å². The third-order valence-corrected chi connectivity index (χ3v) is 6.74. The van der Waals surface area contributed by atoms with Crippen LogP contribution in [0.3, 0.4) is 0 Å². The molecule has 4 aromatic rings. The Morgan fingerprint density at radius 1 is 1.16 bits per heavy atom. The first-order valence-electron chi connectivity index (χ1n) is 9.35. The van der Waals surface area contributed by atoms with Crippen molar-refractivity contribution >= 4 is 26.5 Å². The second kappa shape index (κ2) is 7.71. The predicted octanol–water partition coefficient (Wildman–Crippen LogP) is 2.06. The number of aromatic nitrogens is 3. The summed E-state index contributed by atoms with van der Waals surface area (Å²) in [6.45, 7) is 2.12. The lowest BCUT2D eigenvalue weighted by Crippen LogP contribution is -2.31. The molecule has 1 N–H and O–H groups in total. The van der Waals surface area contributed by atoms with Crippen LogP contribution in [-0.2, 0) is 21.1 Å². The Hall–Kier alpha value is -3.37. The third-order valence-electron chi connectivity index (χ3n) is 4.95. The van der Waals surface area contributed by atoms with E-state index in [-0.39, 0.29) is 39.5 Å². The summed E-state index contributed by atoms with van der Waals surface area (Å²) >= 11 is 0. The summed E-state index contributed by atoms with van der Waals surface area (Å²) in [5.74, 6) is -0.581. The van der Waals surface area contributed by atoms with Crippen LogP contribution in [-0.4, -0.2) is 36.1 Å². The molecular weight excluding hydrogens is 423 g/mol. The molecule has 31 heavy (non-hydrogen) atoms. The number of sulfone groups is 1. The van der Waals surface area contributed by atoms with Crippen molar-refractivity contribution in [3.8, 4) is 0 Å². The molecule has 0 aliphatic heterocycles. The van der Waals surface area contributed by atoms with Gasteiger partial charge in [0.05, 0.1) is 16.9 Å². The largest absolute Gasteiger partial charge is 0.383 e. The van der Waals surface area contributed by atoms with E-state index in [1.165, 1.54) is 22.1 Å². The minimum atomic E-state index is -4.20. The minimum Gasteiger partial charge on any atom is -0.383 e. The molecule has 0 aliphatic carbocycles. The minimum absolute atomic E-state index is 0.0517. The van der Waals surface area contributed by atoms with Crippen molar-refractivity contribution in [2.75, 3.05) is 13.7 Å². The number of rotatable bonds is 5. The summed E-state index contributed by atoms with van der Waals surface area (Å²) in [6, 6.07) is 8.98. The maximum Gasteiger partial charge on any atom is 0.267 e. The van der Waals surface area contributed by atoms with E-state index >= 15 is 0 Å². The Labute approximate surface area is 176 Å². The predicted molar refractivity (Wildman–Crippen MR) is 111 cm³/mol. The second-order valence-electron chi connectivity index (χ2n) is 7.05. The van der Waals surface area contributed by atoms with E-state index in [0.717, 1.165) is 29.8 Å². The van der Waals surface area contributed by atoms with Crippen molar-refractivity contribution in [1.29, 1.82) is 5.41 Å². The molecule has 4 rings (SSSR count). The zero-order valence-electron chi connectivity index (χ0n) is 16.8. The standard InChI is InChI=1S/C21H19FN4O4S/c1-13-3-8-18-24-20-16(21(27)26(18)12-13)11-17(19(23)25(20)9-10-30-2)31(28,29)15-6-4-14(22)5-7-15/h3-8,11-12,23H,9-10H2,1-2H3. The molecule has 160 valence electrons. The van der Waals surface area contributed by atoms with Gasteiger partial charge >= 0.3 is 0 Å². The number of methoxy groups -OCH3 is 1. The van der Waals surface area contributed by atoms with Crippen molar-refractivity contribution in [3.63, 3.8) is 0 Å². The summed E-state index contributed by atoms with van der Waals surface area (Å²) in [5.41, 5.74) is 0.610. The molecule has 3 aromatic heterocycles. The summed E-state index contributed by atoms with van der Waals surface area (Å²) in [7, 11) is -2.72. The van der Waals surface area contributed by atoms with Crippen LogP contribution < -0.4 is 11.0 Å². The van der Waals surface area contributed by atoms with Crippen molar-refractivity contribution in [3.05, 3.63) is 75.9 Å². The summed E-state index contributed by atoms with van der Waals surface area (Å²) in [6.07, 6.45) is 1.62. The maximum atomic E-state index is 13.3. The maximum absolute atomic E-state index is 13.3. The molecule has 0 aliphatic rings. The first-order chi connectivity index (χ1) is 14.7. The molecule has 8 nitrogen and oxygen atoms in total. The number of halogens is 1. The van der Waals surface area contributed by atoms with Gasteiger partial charge in [-0.05, 0) is 48.9 Å². The van der Waals surface area contributed by atoms with Gasteiger partial charge < -0.3 is 9.30 Å². The lowest BCUT2D eigenvalue weighted by Gasteiger charge is -2.15. The lowest BCUT2D eigenvalue weighted by atomic mass is 10.2. The van der Waals surface area contributed by atoms with Crippen LogP contribution in [0, 0.1) is 18.2 Å². The van der Waals surface area contributed by atoms with Crippen LogP contribution in [0.2, 0.25) is 0 Å². The summed E-state index contributed by atoms with van der Waals surface area (Å²) < 4.78 is 47.6.